The third kappa shape index (κ3) is 3.81. The maximum absolute atomic E-state index is 6.43. The first-order valence-electron chi connectivity index (χ1n) is 10.7. The van der Waals surface area contributed by atoms with E-state index in [1.54, 1.807) is 0 Å². The Kier molecular flexibility index (Phi) is 6.01. The molecule has 0 fully saturated rings. The molecule has 2 nitrogen and oxygen atoms in total. The summed E-state index contributed by atoms with van der Waals surface area (Å²) in [4.78, 5) is 0. The van der Waals surface area contributed by atoms with Crippen molar-refractivity contribution in [1.82, 2.24) is 0 Å². The first-order valence-corrected chi connectivity index (χ1v) is 11.5. The van der Waals surface area contributed by atoms with Crippen LogP contribution in [0.15, 0.2) is 61.2 Å². The average molecular weight is 443 g/mol. The molecule has 0 saturated carbocycles. The average Bonchev–Trinajstić information content (AvgIpc) is 3.15. The molecule has 2 aromatic carbocycles. The summed E-state index contributed by atoms with van der Waals surface area (Å²) in [6, 6.07) is 17.1. The monoisotopic (exact) mass is 442 g/mol. The topological polar surface area (TPSA) is 12.2 Å². The molecule has 0 bridgehead atoms. The van der Waals surface area contributed by atoms with E-state index in [-0.39, 0.29) is 17.4 Å². The van der Waals surface area contributed by atoms with Crippen LogP contribution in [0.2, 0.25) is 10.0 Å². The lowest BCUT2D eigenvalue weighted by atomic mass is 9.69. The van der Waals surface area contributed by atoms with E-state index in [2.05, 4.69) is 62.3 Å². The SMILES string of the molecule is C=CC[C@@]1(C)C[C@H](c2cccc(Cl)c2)C(c2ccc(Cl)cc2)[N+]2=C1OC[C@@H]2C(C)C. The normalized spacial score (nSPS) is 28.4. The van der Waals surface area contributed by atoms with Crippen LogP contribution in [0.25, 0.3) is 0 Å². The van der Waals surface area contributed by atoms with Gasteiger partial charge in [-0.2, -0.15) is 4.58 Å². The Bertz CT molecular complexity index is 965. The minimum absolute atomic E-state index is 0.0959. The van der Waals surface area contributed by atoms with Crippen LogP contribution in [0.3, 0.4) is 0 Å². The maximum atomic E-state index is 6.43. The van der Waals surface area contributed by atoms with E-state index in [9.17, 15) is 0 Å². The fraction of sp³-hybridized carbons (Fsp3) is 0.423. The highest BCUT2D eigenvalue weighted by Crippen LogP contribution is 2.51. The minimum Gasteiger partial charge on any atom is -0.441 e. The second-order valence-corrected chi connectivity index (χ2v) is 10.1. The van der Waals surface area contributed by atoms with Crippen molar-refractivity contribution in [2.75, 3.05) is 6.61 Å². The first-order chi connectivity index (χ1) is 14.3. The van der Waals surface area contributed by atoms with E-state index in [4.69, 9.17) is 27.9 Å². The number of ether oxygens (including phenoxy) is 1. The van der Waals surface area contributed by atoms with Crippen molar-refractivity contribution in [2.24, 2.45) is 11.3 Å². The zero-order valence-corrected chi connectivity index (χ0v) is 19.5. The van der Waals surface area contributed by atoms with E-state index in [0.29, 0.717) is 12.0 Å². The lowest BCUT2D eigenvalue weighted by Crippen LogP contribution is -2.46. The summed E-state index contributed by atoms with van der Waals surface area (Å²) < 4.78 is 8.99. The summed E-state index contributed by atoms with van der Waals surface area (Å²) in [6.45, 7) is 11.6. The minimum atomic E-state index is -0.0959. The van der Waals surface area contributed by atoms with Crippen molar-refractivity contribution < 1.29 is 9.31 Å². The number of hydrogen-bond acceptors (Lipinski definition) is 1. The number of allylic oxidation sites excluding steroid dienone is 1. The van der Waals surface area contributed by atoms with E-state index >= 15 is 0 Å². The summed E-state index contributed by atoms with van der Waals surface area (Å²) in [5, 5.41) is 1.54. The van der Waals surface area contributed by atoms with E-state index < -0.39 is 0 Å². The smallest absolute Gasteiger partial charge is 0.343 e. The van der Waals surface area contributed by atoms with Crippen LogP contribution in [-0.2, 0) is 4.74 Å². The summed E-state index contributed by atoms with van der Waals surface area (Å²) >= 11 is 12.7. The van der Waals surface area contributed by atoms with Gasteiger partial charge in [0.1, 0.15) is 0 Å². The molecule has 2 aromatic rings. The van der Waals surface area contributed by atoms with E-state index in [1.165, 1.54) is 11.1 Å². The molecule has 2 aliphatic rings. The van der Waals surface area contributed by atoms with Crippen molar-refractivity contribution >= 4 is 29.1 Å². The fourth-order valence-electron chi connectivity index (χ4n) is 5.26. The first kappa shape index (κ1) is 21.5. The van der Waals surface area contributed by atoms with Gasteiger partial charge in [0, 0.05) is 21.5 Å². The molecule has 0 aliphatic carbocycles. The quantitative estimate of drug-likeness (QED) is 0.350. The molecular formula is C26H30Cl2NO+. The molecule has 158 valence electrons. The second-order valence-electron chi connectivity index (χ2n) is 9.25. The van der Waals surface area contributed by atoms with Gasteiger partial charge in [0.2, 0.25) is 0 Å². The summed E-state index contributed by atoms with van der Waals surface area (Å²) in [7, 11) is 0. The highest BCUT2D eigenvalue weighted by Gasteiger charge is 2.57. The lowest BCUT2D eigenvalue weighted by Gasteiger charge is -2.39. The number of nitrogens with zero attached hydrogens (tertiary/aromatic N) is 1. The van der Waals surface area contributed by atoms with Crippen LogP contribution in [0.5, 0.6) is 0 Å². The van der Waals surface area contributed by atoms with Gasteiger partial charge in [-0.3, -0.25) is 0 Å². The number of halogens is 2. The molecule has 0 saturated heterocycles. The van der Waals surface area contributed by atoms with Crippen molar-refractivity contribution in [3.05, 3.63) is 82.4 Å². The molecule has 0 amide bonds. The standard InChI is InChI=1S/C26H30Cl2NO/c1-5-13-26(4)15-22(19-7-6-8-21(28)14-19)24(18-9-11-20(27)12-10-18)29-23(17(2)3)16-30-25(26)29/h5-12,14,17,22-24H,1,13,15-16H2,2-4H3/q+1/t22-,23-,24?,26+/m1/s1. The molecule has 0 N–H and O–H groups in total. The molecule has 4 rings (SSSR count). The predicted octanol–water partition coefficient (Wildman–Crippen LogP) is 7.27. The van der Waals surface area contributed by atoms with Crippen molar-refractivity contribution in [2.45, 2.75) is 51.6 Å². The Morgan fingerprint density at radius 2 is 1.87 bits per heavy atom. The lowest BCUT2D eigenvalue weighted by molar-refractivity contribution is -0.616. The Morgan fingerprint density at radius 1 is 1.13 bits per heavy atom. The number of rotatable bonds is 5. The van der Waals surface area contributed by atoms with Gasteiger partial charge in [-0.1, -0.05) is 67.4 Å². The molecule has 4 heteroatoms. The Labute approximate surface area is 190 Å². The van der Waals surface area contributed by atoms with Gasteiger partial charge in [0.25, 0.3) is 0 Å². The summed E-state index contributed by atoms with van der Waals surface area (Å²) in [5.74, 6) is 1.87. The van der Waals surface area contributed by atoms with Gasteiger partial charge in [-0.05, 0) is 49.6 Å². The number of hydrogen-bond donors (Lipinski definition) is 0. The molecule has 30 heavy (non-hydrogen) atoms. The maximum Gasteiger partial charge on any atom is 0.343 e. The Balaban J connectivity index is 1.94. The zero-order chi connectivity index (χ0) is 21.5. The Morgan fingerprint density at radius 3 is 2.50 bits per heavy atom. The molecule has 1 unspecified atom stereocenters. The molecule has 4 atom stereocenters. The molecule has 2 heterocycles. The van der Waals surface area contributed by atoms with E-state index in [1.807, 2.05) is 24.3 Å². The fourth-order valence-corrected chi connectivity index (χ4v) is 5.58. The predicted molar refractivity (Wildman–Crippen MR) is 126 cm³/mol. The number of benzene rings is 2. The van der Waals surface area contributed by atoms with Crippen molar-refractivity contribution in [1.29, 1.82) is 0 Å². The summed E-state index contributed by atoms with van der Waals surface area (Å²) in [6.07, 6.45) is 3.88. The van der Waals surface area contributed by atoms with Crippen molar-refractivity contribution in [3.8, 4) is 0 Å². The van der Waals surface area contributed by atoms with Crippen LogP contribution in [0.1, 0.15) is 56.7 Å². The molecular weight excluding hydrogens is 413 g/mol. The van der Waals surface area contributed by atoms with Crippen LogP contribution in [0, 0.1) is 11.3 Å². The van der Waals surface area contributed by atoms with Crippen LogP contribution in [0.4, 0.5) is 0 Å². The Hall–Kier alpha value is -1.77. The highest BCUT2D eigenvalue weighted by atomic mass is 35.5. The molecule has 2 aliphatic heterocycles. The van der Waals surface area contributed by atoms with E-state index in [0.717, 1.165) is 35.4 Å². The van der Waals surface area contributed by atoms with Crippen LogP contribution >= 0.6 is 23.2 Å². The molecule has 0 spiro atoms. The van der Waals surface area contributed by atoms with Gasteiger partial charge in [-0.25, -0.2) is 0 Å². The van der Waals surface area contributed by atoms with Gasteiger partial charge < -0.3 is 4.74 Å². The molecule has 0 aromatic heterocycles. The van der Waals surface area contributed by atoms with Crippen molar-refractivity contribution in [3.63, 3.8) is 0 Å². The second kappa shape index (κ2) is 8.40. The van der Waals surface area contributed by atoms with Gasteiger partial charge >= 0.3 is 5.90 Å². The van der Waals surface area contributed by atoms with Crippen LogP contribution in [-0.4, -0.2) is 23.1 Å². The van der Waals surface area contributed by atoms with Gasteiger partial charge in [0.05, 0.1) is 11.3 Å². The third-order valence-electron chi connectivity index (χ3n) is 6.70. The molecule has 0 radical (unpaired) electrons. The largest absolute Gasteiger partial charge is 0.441 e. The van der Waals surface area contributed by atoms with Gasteiger partial charge in [-0.15, -0.1) is 6.58 Å². The van der Waals surface area contributed by atoms with Gasteiger partial charge in [0.15, 0.2) is 18.7 Å². The van der Waals surface area contributed by atoms with Crippen LogP contribution < -0.4 is 0 Å². The summed E-state index contributed by atoms with van der Waals surface area (Å²) in [5.41, 5.74) is 2.44. The zero-order valence-electron chi connectivity index (χ0n) is 17.9. The highest BCUT2D eigenvalue weighted by molar-refractivity contribution is 6.30. The third-order valence-corrected chi connectivity index (χ3v) is 7.19.